The molecule has 0 atom stereocenters. The summed E-state index contributed by atoms with van der Waals surface area (Å²) in [5.41, 5.74) is 2.12. The number of hydrogen-bond acceptors (Lipinski definition) is 4. The van der Waals surface area contributed by atoms with Gasteiger partial charge < -0.3 is 14.6 Å². The van der Waals surface area contributed by atoms with Crippen molar-refractivity contribution in [3.8, 4) is 28.5 Å². The van der Waals surface area contributed by atoms with E-state index in [2.05, 4.69) is 4.98 Å². The molecular formula is C21H19NO4. The van der Waals surface area contributed by atoms with Crippen LogP contribution in [0.1, 0.15) is 23.0 Å². The second-order valence-electron chi connectivity index (χ2n) is 5.64. The molecule has 5 heteroatoms. The van der Waals surface area contributed by atoms with Crippen LogP contribution < -0.4 is 9.47 Å². The topological polar surface area (TPSA) is 68.7 Å². The van der Waals surface area contributed by atoms with Gasteiger partial charge in [0.15, 0.2) is 0 Å². The van der Waals surface area contributed by atoms with Crippen molar-refractivity contribution in [2.45, 2.75) is 13.3 Å². The highest BCUT2D eigenvalue weighted by Gasteiger charge is 2.21. The van der Waals surface area contributed by atoms with Gasteiger partial charge in [0, 0.05) is 11.3 Å². The monoisotopic (exact) mass is 349 g/mol. The number of rotatable bonds is 6. The highest BCUT2D eigenvalue weighted by atomic mass is 16.5. The second-order valence-corrected chi connectivity index (χ2v) is 5.64. The molecule has 0 aliphatic rings. The standard InChI is InChI=1S/C21H19NO4/c1-3-15-13-18(14-9-11-16(25-2)12-10-14)19(21(23)24)20(22-15)26-17-7-5-4-6-8-17/h4-13H,3H2,1-2H3,(H,23,24). The van der Waals surface area contributed by atoms with Gasteiger partial charge in [-0.1, -0.05) is 37.3 Å². The van der Waals surface area contributed by atoms with Crippen LogP contribution in [0.2, 0.25) is 0 Å². The Morgan fingerprint density at radius 2 is 1.73 bits per heavy atom. The molecule has 0 radical (unpaired) electrons. The summed E-state index contributed by atoms with van der Waals surface area (Å²) in [5.74, 6) is 0.248. The van der Waals surface area contributed by atoms with Crippen molar-refractivity contribution in [2.24, 2.45) is 0 Å². The molecule has 0 saturated carbocycles. The molecular weight excluding hydrogens is 330 g/mol. The summed E-state index contributed by atoms with van der Waals surface area (Å²) in [6.07, 6.45) is 0.661. The lowest BCUT2D eigenvalue weighted by molar-refractivity contribution is 0.0694. The third kappa shape index (κ3) is 3.67. The fourth-order valence-corrected chi connectivity index (χ4v) is 2.63. The molecule has 0 unspecified atom stereocenters. The van der Waals surface area contributed by atoms with Crippen LogP contribution >= 0.6 is 0 Å². The fraction of sp³-hybridized carbons (Fsp3) is 0.143. The van der Waals surface area contributed by atoms with Gasteiger partial charge in [-0.3, -0.25) is 0 Å². The van der Waals surface area contributed by atoms with Gasteiger partial charge in [0.05, 0.1) is 7.11 Å². The number of methoxy groups -OCH3 is 1. The van der Waals surface area contributed by atoms with Gasteiger partial charge in [0.25, 0.3) is 0 Å². The Bertz CT molecular complexity index is 905. The van der Waals surface area contributed by atoms with E-state index in [1.54, 1.807) is 37.4 Å². The fourth-order valence-electron chi connectivity index (χ4n) is 2.63. The zero-order chi connectivity index (χ0) is 18.5. The summed E-state index contributed by atoms with van der Waals surface area (Å²) in [7, 11) is 1.59. The van der Waals surface area contributed by atoms with Crippen LogP contribution in [0.5, 0.6) is 17.4 Å². The van der Waals surface area contributed by atoms with Crippen LogP contribution in [-0.2, 0) is 6.42 Å². The van der Waals surface area contributed by atoms with Crippen LogP contribution in [-0.4, -0.2) is 23.2 Å². The Kier molecular flexibility index (Phi) is 5.17. The Hall–Kier alpha value is -3.34. The number of nitrogens with zero attached hydrogens (tertiary/aromatic N) is 1. The van der Waals surface area contributed by atoms with Crippen molar-refractivity contribution in [3.63, 3.8) is 0 Å². The van der Waals surface area contributed by atoms with Crippen LogP contribution in [0.3, 0.4) is 0 Å². The SMILES string of the molecule is CCc1cc(-c2ccc(OC)cc2)c(C(=O)O)c(Oc2ccccc2)n1. The minimum absolute atomic E-state index is 0.0382. The summed E-state index contributed by atoms with van der Waals surface area (Å²) in [4.78, 5) is 16.4. The lowest BCUT2D eigenvalue weighted by Gasteiger charge is -2.14. The molecule has 3 rings (SSSR count). The first-order valence-corrected chi connectivity index (χ1v) is 8.27. The van der Waals surface area contributed by atoms with E-state index < -0.39 is 5.97 Å². The number of ether oxygens (including phenoxy) is 2. The second kappa shape index (κ2) is 7.70. The van der Waals surface area contributed by atoms with Gasteiger partial charge in [-0.15, -0.1) is 0 Å². The minimum Gasteiger partial charge on any atom is -0.497 e. The molecule has 0 amide bonds. The lowest BCUT2D eigenvalue weighted by atomic mass is 9.99. The third-order valence-electron chi connectivity index (χ3n) is 3.97. The number of aryl methyl sites for hydroxylation is 1. The van der Waals surface area contributed by atoms with Gasteiger partial charge in [-0.25, -0.2) is 9.78 Å². The average Bonchev–Trinajstić information content (AvgIpc) is 2.68. The van der Waals surface area contributed by atoms with E-state index in [-0.39, 0.29) is 11.4 Å². The Labute approximate surface area is 151 Å². The van der Waals surface area contributed by atoms with E-state index in [4.69, 9.17) is 9.47 Å². The lowest BCUT2D eigenvalue weighted by Crippen LogP contribution is -2.07. The maximum Gasteiger partial charge on any atom is 0.341 e. The van der Waals surface area contributed by atoms with Crippen molar-refractivity contribution in [2.75, 3.05) is 7.11 Å². The van der Waals surface area contributed by atoms with Crippen molar-refractivity contribution < 1.29 is 19.4 Å². The molecule has 0 aliphatic heterocycles. The number of para-hydroxylation sites is 1. The average molecular weight is 349 g/mol. The largest absolute Gasteiger partial charge is 0.497 e. The molecule has 0 saturated heterocycles. The molecule has 0 aliphatic carbocycles. The van der Waals surface area contributed by atoms with Crippen LogP contribution in [0.15, 0.2) is 60.7 Å². The van der Waals surface area contributed by atoms with E-state index in [0.717, 1.165) is 11.3 Å². The molecule has 0 spiro atoms. The van der Waals surface area contributed by atoms with Crippen LogP contribution in [0.25, 0.3) is 11.1 Å². The van der Waals surface area contributed by atoms with Crippen molar-refractivity contribution in [1.29, 1.82) is 0 Å². The number of carboxylic acid groups (broad SMARTS) is 1. The predicted molar refractivity (Wildman–Crippen MR) is 99.1 cm³/mol. The molecule has 3 aromatic rings. The molecule has 1 heterocycles. The summed E-state index contributed by atoms with van der Waals surface area (Å²) in [6.45, 7) is 1.97. The smallest absolute Gasteiger partial charge is 0.341 e. The molecule has 1 N–H and O–H groups in total. The van der Waals surface area contributed by atoms with Crippen molar-refractivity contribution in [3.05, 3.63) is 71.9 Å². The molecule has 5 nitrogen and oxygen atoms in total. The summed E-state index contributed by atoms with van der Waals surface area (Å²) >= 11 is 0. The predicted octanol–water partition coefficient (Wildman–Crippen LogP) is 4.81. The maximum absolute atomic E-state index is 12.0. The zero-order valence-electron chi connectivity index (χ0n) is 14.6. The van der Waals surface area contributed by atoms with Gasteiger partial charge in [0.1, 0.15) is 17.1 Å². The number of aromatic nitrogens is 1. The molecule has 0 fully saturated rings. The summed E-state index contributed by atoms with van der Waals surface area (Å²) in [6, 6.07) is 18.1. The maximum atomic E-state index is 12.0. The van der Waals surface area contributed by atoms with E-state index in [9.17, 15) is 9.90 Å². The Morgan fingerprint density at radius 1 is 1.04 bits per heavy atom. The van der Waals surface area contributed by atoms with Crippen LogP contribution in [0.4, 0.5) is 0 Å². The van der Waals surface area contributed by atoms with Gasteiger partial charge in [0.2, 0.25) is 5.88 Å². The number of benzene rings is 2. The summed E-state index contributed by atoms with van der Waals surface area (Å²) in [5, 5.41) is 9.81. The number of hydrogen-bond donors (Lipinski definition) is 1. The Balaban J connectivity index is 2.15. The third-order valence-corrected chi connectivity index (χ3v) is 3.97. The molecule has 26 heavy (non-hydrogen) atoms. The minimum atomic E-state index is -1.09. The van der Waals surface area contributed by atoms with E-state index >= 15 is 0 Å². The number of carboxylic acids is 1. The van der Waals surface area contributed by atoms with Crippen molar-refractivity contribution in [1.82, 2.24) is 4.98 Å². The van der Waals surface area contributed by atoms with E-state index in [0.29, 0.717) is 23.5 Å². The molecule has 2 aromatic carbocycles. The van der Waals surface area contributed by atoms with Crippen LogP contribution in [0, 0.1) is 0 Å². The molecule has 1 aromatic heterocycles. The number of aromatic carboxylic acids is 1. The normalized spacial score (nSPS) is 10.4. The first-order valence-electron chi connectivity index (χ1n) is 8.27. The van der Waals surface area contributed by atoms with Gasteiger partial charge in [-0.2, -0.15) is 0 Å². The quantitative estimate of drug-likeness (QED) is 0.691. The van der Waals surface area contributed by atoms with Gasteiger partial charge in [-0.05, 0) is 42.3 Å². The first-order chi connectivity index (χ1) is 12.6. The Morgan fingerprint density at radius 3 is 2.31 bits per heavy atom. The molecule has 132 valence electrons. The van der Waals surface area contributed by atoms with E-state index in [1.807, 2.05) is 37.3 Å². The number of carbonyl (C=O) groups is 1. The highest BCUT2D eigenvalue weighted by Crippen LogP contribution is 2.34. The highest BCUT2D eigenvalue weighted by molar-refractivity contribution is 5.98. The first kappa shape index (κ1) is 17.5. The summed E-state index contributed by atoms with van der Waals surface area (Å²) < 4.78 is 11.0. The zero-order valence-corrected chi connectivity index (χ0v) is 14.6. The number of pyridine rings is 1. The van der Waals surface area contributed by atoms with Crippen molar-refractivity contribution >= 4 is 5.97 Å². The molecule has 0 bridgehead atoms. The van der Waals surface area contributed by atoms with E-state index in [1.165, 1.54) is 0 Å². The van der Waals surface area contributed by atoms with Gasteiger partial charge >= 0.3 is 5.97 Å².